The van der Waals surface area contributed by atoms with Crippen molar-refractivity contribution in [2.75, 3.05) is 0 Å². The molecule has 5 heteroatoms. The molecule has 0 aromatic carbocycles. The summed E-state index contributed by atoms with van der Waals surface area (Å²) < 4.78 is 5.67. The maximum atomic E-state index is 11.8. The zero-order chi connectivity index (χ0) is 13.8. The van der Waals surface area contributed by atoms with Crippen molar-refractivity contribution in [2.45, 2.75) is 70.1 Å². The van der Waals surface area contributed by atoms with Crippen LogP contribution in [0.3, 0.4) is 0 Å². The van der Waals surface area contributed by atoms with E-state index in [1.807, 2.05) is 0 Å². The normalized spacial score (nSPS) is 34.4. The van der Waals surface area contributed by atoms with E-state index in [9.17, 15) is 9.59 Å². The Labute approximate surface area is 113 Å². The minimum Gasteiger partial charge on any atom is -0.481 e. The first-order valence-corrected chi connectivity index (χ1v) is 7.24. The van der Waals surface area contributed by atoms with E-state index in [1.165, 1.54) is 0 Å². The fourth-order valence-corrected chi connectivity index (χ4v) is 3.10. The predicted octanol–water partition coefficient (Wildman–Crippen LogP) is 1.70. The van der Waals surface area contributed by atoms with Gasteiger partial charge in [-0.1, -0.05) is 6.42 Å². The van der Waals surface area contributed by atoms with Crippen molar-refractivity contribution in [1.29, 1.82) is 0 Å². The summed E-state index contributed by atoms with van der Waals surface area (Å²) in [4.78, 5) is 22.9. The van der Waals surface area contributed by atoms with Crippen LogP contribution >= 0.6 is 0 Å². The molecule has 1 saturated heterocycles. The van der Waals surface area contributed by atoms with Crippen molar-refractivity contribution >= 4 is 11.9 Å². The van der Waals surface area contributed by atoms with Gasteiger partial charge in [0.2, 0.25) is 5.91 Å². The van der Waals surface area contributed by atoms with Crippen LogP contribution in [-0.4, -0.2) is 35.2 Å². The Morgan fingerprint density at radius 1 is 1.26 bits per heavy atom. The second-order valence-electron chi connectivity index (χ2n) is 5.73. The van der Waals surface area contributed by atoms with Gasteiger partial charge in [-0.15, -0.1) is 0 Å². The third-order valence-electron chi connectivity index (χ3n) is 4.19. The average Bonchev–Trinajstić information content (AvgIpc) is 2.95. The summed E-state index contributed by atoms with van der Waals surface area (Å²) in [5.41, 5.74) is 0. The molecule has 2 fully saturated rings. The molecule has 2 aliphatic rings. The monoisotopic (exact) mass is 269 g/mol. The van der Waals surface area contributed by atoms with E-state index in [1.54, 1.807) is 0 Å². The van der Waals surface area contributed by atoms with E-state index in [4.69, 9.17) is 9.84 Å². The van der Waals surface area contributed by atoms with Gasteiger partial charge in [0, 0.05) is 12.5 Å². The zero-order valence-corrected chi connectivity index (χ0v) is 11.4. The number of nitrogens with one attached hydrogen (secondary N) is 1. The fraction of sp³-hybridized carbons (Fsp3) is 0.857. The molecule has 1 aliphatic heterocycles. The first kappa shape index (κ1) is 14.3. The summed E-state index contributed by atoms with van der Waals surface area (Å²) in [6, 6.07) is -0.187. The van der Waals surface area contributed by atoms with Gasteiger partial charge in [-0.25, -0.2) is 0 Å². The van der Waals surface area contributed by atoms with E-state index in [0.717, 1.165) is 32.1 Å². The molecule has 5 nitrogen and oxygen atoms in total. The molecule has 19 heavy (non-hydrogen) atoms. The summed E-state index contributed by atoms with van der Waals surface area (Å²) in [5.74, 6) is -1.25. The highest BCUT2D eigenvalue weighted by atomic mass is 16.5. The average molecular weight is 269 g/mol. The third-order valence-corrected chi connectivity index (χ3v) is 4.19. The van der Waals surface area contributed by atoms with Crippen LogP contribution < -0.4 is 5.32 Å². The van der Waals surface area contributed by atoms with Crippen molar-refractivity contribution in [3.8, 4) is 0 Å². The number of carboxylic acid groups (broad SMARTS) is 1. The van der Waals surface area contributed by atoms with Crippen LogP contribution in [0.5, 0.6) is 0 Å². The summed E-state index contributed by atoms with van der Waals surface area (Å²) in [5, 5.41) is 11.9. The predicted molar refractivity (Wildman–Crippen MR) is 69.7 cm³/mol. The van der Waals surface area contributed by atoms with Crippen molar-refractivity contribution in [2.24, 2.45) is 5.92 Å². The highest BCUT2D eigenvalue weighted by molar-refractivity contribution is 5.78. The maximum absolute atomic E-state index is 11.8. The molecule has 0 aromatic heterocycles. The lowest BCUT2D eigenvalue weighted by atomic mass is 10.0. The minimum atomic E-state index is -0.796. The third kappa shape index (κ3) is 3.93. The van der Waals surface area contributed by atoms with Gasteiger partial charge < -0.3 is 15.2 Å². The minimum absolute atomic E-state index is 0.0405. The number of carbonyl (C=O) groups is 2. The quantitative estimate of drug-likeness (QED) is 0.796. The van der Waals surface area contributed by atoms with Crippen LogP contribution in [0, 0.1) is 5.92 Å². The first-order valence-electron chi connectivity index (χ1n) is 7.24. The van der Waals surface area contributed by atoms with Gasteiger partial charge in [-0.05, 0) is 39.0 Å². The molecule has 0 bridgehead atoms. The number of ether oxygens (including phenoxy) is 1. The van der Waals surface area contributed by atoms with E-state index < -0.39 is 11.9 Å². The Bertz CT molecular complexity index is 344. The fourth-order valence-electron chi connectivity index (χ4n) is 3.10. The Hall–Kier alpha value is -1.10. The van der Waals surface area contributed by atoms with Crippen LogP contribution in [0.4, 0.5) is 0 Å². The van der Waals surface area contributed by atoms with E-state index in [-0.39, 0.29) is 18.1 Å². The van der Waals surface area contributed by atoms with E-state index in [0.29, 0.717) is 18.9 Å². The number of hydrogen-bond acceptors (Lipinski definition) is 3. The number of aliphatic carboxylic acids is 1. The summed E-state index contributed by atoms with van der Waals surface area (Å²) in [6.45, 7) is 2.05. The standard InChI is InChI=1S/C14H23NO4/c1-9-5-6-10(19-9)7-8-13(16)15-12-4-2-3-11(12)14(17)18/h9-12H,2-8H2,1H3,(H,15,16)(H,17,18)/t9-,10+,11+,12-/m1/s1. The van der Waals surface area contributed by atoms with Gasteiger partial charge >= 0.3 is 5.97 Å². The van der Waals surface area contributed by atoms with Crippen LogP contribution in [0.25, 0.3) is 0 Å². The molecule has 1 heterocycles. The smallest absolute Gasteiger partial charge is 0.308 e. The van der Waals surface area contributed by atoms with Gasteiger partial charge in [0.15, 0.2) is 0 Å². The van der Waals surface area contributed by atoms with Gasteiger partial charge in [-0.2, -0.15) is 0 Å². The van der Waals surface area contributed by atoms with Crippen LogP contribution in [-0.2, 0) is 14.3 Å². The van der Waals surface area contributed by atoms with E-state index >= 15 is 0 Å². The molecule has 1 saturated carbocycles. The lowest BCUT2D eigenvalue weighted by molar-refractivity contribution is -0.142. The van der Waals surface area contributed by atoms with Crippen molar-refractivity contribution in [3.05, 3.63) is 0 Å². The van der Waals surface area contributed by atoms with Gasteiger partial charge in [0.05, 0.1) is 18.1 Å². The molecule has 1 aliphatic carbocycles. The highest BCUT2D eigenvalue weighted by Gasteiger charge is 2.33. The lowest BCUT2D eigenvalue weighted by Gasteiger charge is -2.18. The Morgan fingerprint density at radius 3 is 2.68 bits per heavy atom. The van der Waals surface area contributed by atoms with Crippen LogP contribution in [0.1, 0.15) is 51.9 Å². The SMILES string of the molecule is C[C@@H]1CC[C@@H](CCC(=O)N[C@@H]2CCC[C@@H]2C(=O)O)O1. The topological polar surface area (TPSA) is 75.6 Å². The maximum Gasteiger partial charge on any atom is 0.308 e. The Kier molecular flexibility index (Phi) is 4.80. The number of carbonyl (C=O) groups excluding carboxylic acids is 1. The molecule has 0 spiro atoms. The molecule has 0 radical (unpaired) electrons. The number of carboxylic acids is 1. The second kappa shape index (κ2) is 6.37. The first-order chi connectivity index (χ1) is 9.06. The summed E-state index contributed by atoms with van der Waals surface area (Å²) in [7, 11) is 0. The Balaban J connectivity index is 1.70. The van der Waals surface area contributed by atoms with Crippen molar-refractivity contribution in [1.82, 2.24) is 5.32 Å². The molecular weight excluding hydrogens is 246 g/mol. The molecule has 2 rings (SSSR count). The van der Waals surface area contributed by atoms with E-state index in [2.05, 4.69) is 12.2 Å². The molecule has 0 unspecified atom stereocenters. The van der Waals surface area contributed by atoms with Crippen molar-refractivity contribution < 1.29 is 19.4 Å². The number of rotatable bonds is 5. The molecule has 108 valence electrons. The number of amides is 1. The summed E-state index contributed by atoms with van der Waals surface area (Å²) >= 11 is 0. The van der Waals surface area contributed by atoms with Gasteiger partial charge in [0.25, 0.3) is 0 Å². The lowest BCUT2D eigenvalue weighted by Crippen LogP contribution is -2.40. The van der Waals surface area contributed by atoms with Gasteiger partial charge in [0.1, 0.15) is 0 Å². The number of hydrogen-bond donors (Lipinski definition) is 2. The largest absolute Gasteiger partial charge is 0.481 e. The van der Waals surface area contributed by atoms with Gasteiger partial charge in [-0.3, -0.25) is 9.59 Å². The molecule has 2 N–H and O–H groups in total. The molecular formula is C14H23NO4. The Morgan fingerprint density at radius 2 is 2.05 bits per heavy atom. The van der Waals surface area contributed by atoms with Crippen LogP contribution in [0.2, 0.25) is 0 Å². The molecule has 4 atom stereocenters. The summed E-state index contributed by atoms with van der Waals surface area (Å²) in [6.07, 6.45) is 6.08. The molecule has 1 amide bonds. The zero-order valence-electron chi connectivity index (χ0n) is 11.4. The molecule has 0 aromatic rings. The van der Waals surface area contributed by atoms with Crippen LogP contribution in [0.15, 0.2) is 0 Å². The highest BCUT2D eigenvalue weighted by Crippen LogP contribution is 2.26. The van der Waals surface area contributed by atoms with Crippen molar-refractivity contribution in [3.63, 3.8) is 0 Å². The second-order valence-corrected chi connectivity index (χ2v) is 5.73.